The van der Waals surface area contributed by atoms with Crippen LogP contribution in [0.4, 0.5) is 0 Å². The Morgan fingerprint density at radius 1 is 1.38 bits per heavy atom. The summed E-state index contributed by atoms with van der Waals surface area (Å²) in [6, 6.07) is 8.40. The van der Waals surface area contributed by atoms with E-state index in [9.17, 15) is 0 Å². The maximum atomic E-state index is 7.70. The van der Waals surface area contributed by atoms with Crippen molar-refractivity contribution in [1.29, 1.82) is 5.41 Å². The Morgan fingerprint density at radius 3 is 2.77 bits per heavy atom. The summed E-state index contributed by atoms with van der Waals surface area (Å²) < 4.78 is 0. The van der Waals surface area contributed by atoms with E-state index in [1.165, 1.54) is 11.1 Å². The highest BCUT2D eigenvalue weighted by molar-refractivity contribution is 5.83. The number of benzene rings is 1. The summed E-state index contributed by atoms with van der Waals surface area (Å²) in [6.07, 6.45) is 2.81. The molecule has 0 heterocycles. The molecule has 1 N–H and O–H groups in total. The molecule has 1 aromatic rings. The van der Waals surface area contributed by atoms with E-state index >= 15 is 0 Å². The van der Waals surface area contributed by atoms with Crippen molar-refractivity contribution in [3.8, 4) is 0 Å². The molecule has 0 saturated heterocycles. The first-order valence-electron chi connectivity index (χ1n) is 4.84. The lowest BCUT2D eigenvalue weighted by atomic mass is 10.0. The predicted octanol–water partition coefficient (Wildman–Crippen LogP) is 3.36. The lowest BCUT2D eigenvalue weighted by Gasteiger charge is -2.03. The highest BCUT2D eigenvalue weighted by Gasteiger charge is 1.98. The van der Waals surface area contributed by atoms with Gasteiger partial charge in [-0.15, -0.1) is 0 Å². The van der Waals surface area contributed by atoms with Crippen LogP contribution in [0.5, 0.6) is 0 Å². The first-order valence-corrected chi connectivity index (χ1v) is 4.84. The molecule has 0 amide bonds. The fourth-order valence-electron chi connectivity index (χ4n) is 1.46. The van der Waals surface area contributed by atoms with Crippen molar-refractivity contribution in [3.05, 3.63) is 35.4 Å². The monoisotopic (exact) mass is 175 g/mol. The van der Waals surface area contributed by atoms with Crippen LogP contribution in [0.1, 0.15) is 30.9 Å². The van der Waals surface area contributed by atoms with Crippen molar-refractivity contribution >= 4 is 5.71 Å². The number of hydrogen-bond acceptors (Lipinski definition) is 1. The fourth-order valence-corrected chi connectivity index (χ4v) is 1.46. The van der Waals surface area contributed by atoms with Crippen molar-refractivity contribution in [3.63, 3.8) is 0 Å². The maximum absolute atomic E-state index is 7.70. The Kier molecular flexibility index (Phi) is 3.69. The summed E-state index contributed by atoms with van der Waals surface area (Å²) in [5.74, 6) is 0. The van der Waals surface area contributed by atoms with E-state index in [-0.39, 0.29) is 0 Å². The quantitative estimate of drug-likeness (QED) is 0.678. The molecule has 0 aliphatic rings. The Morgan fingerprint density at radius 2 is 2.15 bits per heavy atom. The number of rotatable bonds is 4. The van der Waals surface area contributed by atoms with E-state index in [2.05, 4.69) is 38.1 Å². The van der Waals surface area contributed by atoms with Crippen LogP contribution in [0.15, 0.2) is 24.3 Å². The van der Waals surface area contributed by atoms with Crippen molar-refractivity contribution < 1.29 is 0 Å². The van der Waals surface area contributed by atoms with E-state index in [4.69, 9.17) is 5.41 Å². The minimum Gasteiger partial charge on any atom is -0.309 e. The minimum atomic E-state index is 0.815. The molecule has 0 atom stereocenters. The van der Waals surface area contributed by atoms with Crippen LogP contribution < -0.4 is 0 Å². The zero-order chi connectivity index (χ0) is 9.68. The van der Waals surface area contributed by atoms with Gasteiger partial charge in [0.15, 0.2) is 0 Å². The Hall–Kier alpha value is -1.11. The molecule has 0 saturated carbocycles. The molecule has 0 unspecified atom stereocenters. The second-order valence-electron chi connectivity index (χ2n) is 3.52. The molecule has 0 radical (unpaired) electrons. The van der Waals surface area contributed by atoms with Gasteiger partial charge in [0.25, 0.3) is 0 Å². The summed E-state index contributed by atoms with van der Waals surface area (Å²) >= 11 is 0. The van der Waals surface area contributed by atoms with Crippen molar-refractivity contribution in [1.82, 2.24) is 0 Å². The van der Waals surface area contributed by atoms with Gasteiger partial charge in [-0.3, -0.25) is 0 Å². The molecule has 0 fully saturated rings. The normalized spacial score (nSPS) is 10.0. The summed E-state index contributed by atoms with van der Waals surface area (Å²) in [5, 5.41) is 7.70. The van der Waals surface area contributed by atoms with Gasteiger partial charge < -0.3 is 5.41 Å². The molecule has 70 valence electrons. The van der Waals surface area contributed by atoms with Crippen LogP contribution in [0, 0.1) is 12.3 Å². The maximum Gasteiger partial charge on any atom is 0.0133 e. The standard InChI is InChI=1S/C12H17N/c1-3-5-12(13)9-11-7-4-6-10(2)8-11/h4,6-8,13H,3,5,9H2,1-2H3. The molecular weight excluding hydrogens is 158 g/mol. The minimum absolute atomic E-state index is 0.815. The third-order valence-electron chi connectivity index (χ3n) is 2.05. The van der Waals surface area contributed by atoms with Gasteiger partial charge in [0, 0.05) is 12.1 Å². The van der Waals surface area contributed by atoms with E-state index in [1.54, 1.807) is 0 Å². The van der Waals surface area contributed by atoms with Crippen molar-refractivity contribution in [2.75, 3.05) is 0 Å². The smallest absolute Gasteiger partial charge is 0.0133 e. The topological polar surface area (TPSA) is 23.9 Å². The summed E-state index contributed by atoms with van der Waals surface area (Å²) in [7, 11) is 0. The molecule has 0 aromatic heterocycles. The van der Waals surface area contributed by atoms with Crippen LogP contribution in [-0.2, 0) is 6.42 Å². The third-order valence-corrected chi connectivity index (χ3v) is 2.05. The van der Waals surface area contributed by atoms with Crippen molar-refractivity contribution in [2.45, 2.75) is 33.1 Å². The highest BCUT2D eigenvalue weighted by Crippen LogP contribution is 2.06. The van der Waals surface area contributed by atoms with Crippen molar-refractivity contribution in [2.24, 2.45) is 0 Å². The van der Waals surface area contributed by atoms with Crippen LogP contribution in [-0.4, -0.2) is 5.71 Å². The number of aryl methyl sites for hydroxylation is 1. The van der Waals surface area contributed by atoms with Gasteiger partial charge in [0.2, 0.25) is 0 Å². The Balaban J connectivity index is 2.58. The Labute approximate surface area is 80.3 Å². The van der Waals surface area contributed by atoms with Crippen LogP contribution in [0.2, 0.25) is 0 Å². The fraction of sp³-hybridized carbons (Fsp3) is 0.417. The van der Waals surface area contributed by atoms with Gasteiger partial charge in [0.1, 0.15) is 0 Å². The number of nitrogens with one attached hydrogen (secondary N) is 1. The Bertz CT molecular complexity index is 289. The lowest BCUT2D eigenvalue weighted by Crippen LogP contribution is -2.00. The molecule has 13 heavy (non-hydrogen) atoms. The van der Waals surface area contributed by atoms with E-state index in [0.717, 1.165) is 25.0 Å². The first-order chi connectivity index (χ1) is 6.22. The average Bonchev–Trinajstić information content (AvgIpc) is 2.04. The molecule has 1 aromatic carbocycles. The third kappa shape index (κ3) is 3.41. The summed E-state index contributed by atoms with van der Waals surface area (Å²) in [5.41, 5.74) is 3.38. The average molecular weight is 175 g/mol. The molecule has 1 rings (SSSR count). The second-order valence-corrected chi connectivity index (χ2v) is 3.52. The van der Waals surface area contributed by atoms with Gasteiger partial charge in [-0.05, 0) is 18.9 Å². The molecule has 1 nitrogen and oxygen atoms in total. The van der Waals surface area contributed by atoms with Gasteiger partial charge >= 0.3 is 0 Å². The summed E-state index contributed by atoms with van der Waals surface area (Å²) in [6.45, 7) is 4.21. The van der Waals surface area contributed by atoms with E-state index < -0.39 is 0 Å². The van der Waals surface area contributed by atoms with Crippen LogP contribution >= 0.6 is 0 Å². The zero-order valence-electron chi connectivity index (χ0n) is 8.43. The second kappa shape index (κ2) is 4.80. The SMILES string of the molecule is CCCC(=N)Cc1cccc(C)c1. The largest absolute Gasteiger partial charge is 0.309 e. The molecule has 1 heteroatoms. The zero-order valence-corrected chi connectivity index (χ0v) is 8.43. The van der Waals surface area contributed by atoms with Gasteiger partial charge in [0.05, 0.1) is 0 Å². The molecule has 0 aliphatic carbocycles. The lowest BCUT2D eigenvalue weighted by molar-refractivity contribution is 0.964. The van der Waals surface area contributed by atoms with Crippen LogP contribution in [0.3, 0.4) is 0 Å². The first kappa shape index (κ1) is 9.97. The molecule has 0 aliphatic heterocycles. The van der Waals surface area contributed by atoms with Gasteiger partial charge in [-0.25, -0.2) is 0 Å². The molecule has 0 spiro atoms. The van der Waals surface area contributed by atoms with E-state index in [1.807, 2.05) is 0 Å². The van der Waals surface area contributed by atoms with Gasteiger partial charge in [-0.2, -0.15) is 0 Å². The van der Waals surface area contributed by atoms with Gasteiger partial charge in [-0.1, -0.05) is 43.2 Å². The molecule has 0 bridgehead atoms. The van der Waals surface area contributed by atoms with E-state index in [0.29, 0.717) is 0 Å². The molecular formula is C12H17N. The number of hydrogen-bond donors (Lipinski definition) is 1. The van der Waals surface area contributed by atoms with Crippen LogP contribution in [0.25, 0.3) is 0 Å². The predicted molar refractivity (Wildman–Crippen MR) is 57.5 cm³/mol. The summed E-state index contributed by atoms with van der Waals surface area (Å²) in [4.78, 5) is 0. The highest BCUT2D eigenvalue weighted by atomic mass is 14.4.